The minimum absolute atomic E-state index is 0.186. The van der Waals surface area contributed by atoms with E-state index in [4.69, 9.17) is 4.74 Å². The Bertz CT molecular complexity index is 1010. The molecule has 2 aromatic heterocycles. The van der Waals surface area contributed by atoms with E-state index < -0.39 is 17.7 Å². The lowest BCUT2D eigenvalue weighted by molar-refractivity contribution is -0.124. The molecule has 3 aliphatic heterocycles. The molecule has 0 unspecified atom stereocenters. The van der Waals surface area contributed by atoms with E-state index in [9.17, 15) is 14.4 Å². The van der Waals surface area contributed by atoms with Gasteiger partial charge >= 0.3 is 0 Å². The number of carbonyl (C=O) groups excluding carboxylic acids is 3. The molecule has 0 aromatic carbocycles. The molecule has 3 amide bonds. The standard InChI is InChI=1S/C19H22N6O4/c1-4-24-16(17(26)22-10-7-20-23(3)9(10)2)11(8-21-24)25-18(27)14-12-5-6-13(29-12)15(14)19(25)28/h7-8,12-15H,4-6H2,1-3H3,(H,22,26)/t12-,13+,14-,15+. The Morgan fingerprint density at radius 3 is 2.38 bits per heavy atom. The van der Waals surface area contributed by atoms with E-state index in [2.05, 4.69) is 15.5 Å². The number of aryl methyl sites for hydroxylation is 2. The molecule has 29 heavy (non-hydrogen) atoms. The van der Waals surface area contributed by atoms with Crippen LogP contribution < -0.4 is 10.2 Å². The summed E-state index contributed by atoms with van der Waals surface area (Å²) in [5.41, 5.74) is 1.77. The van der Waals surface area contributed by atoms with Crippen molar-refractivity contribution in [1.82, 2.24) is 19.6 Å². The zero-order valence-corrected chi connectivity index (χ0v) is 16.5. The van der Waals surface area contributed by atoms with Crippen molar-refractivity contribution >= 4 is 29.1 Å². The lowest BCUT2D eigenvalue weighted by Crippen LogP contribution is -2.35. The van der Waals surface area contributed by atoms with Gasteiger partial charge in [-0.15, -0.1) is 0 Å². The molecule has 0 saturated carbocycles. The fraction of sp³-hybridized carbons (Fsp3) is 0.526. The molecular formula is C19H22N6O4. The molecule has 10 nitrogen and oxygen atoms in total. The van der Waals surface area contributed by atoms with Crippen molar-refractivity contribution in [1.29, 1.82) is 0 Å². The molecule has 3 fully saturated rings. The molecule has 3 aliphatic rings. The Morgan fingerprint density at radius 2 is 1.83 bits per heavy atom. The van der Waals surface area contributed by atoms with Gasteiger partial charge in [0.15, 0.2) is 5.69 Å². The van der Waals surface area contributed by atoms with E-state index in [1.54, 1.807) is 17.9 Å². The Hall–Kier alpha value is -3.01. The summed E-state index contributed by atoms with van der Waals surface area (Å²) in [5, 5.41) is 11.2. The van der Waals surface area contributed by atoms with Crippen molar-refractivity contribution in [3.63, 3.8) is 0 Å². The van der Waals surface area contributed by atoms with Crippen molar-refractivity contribution in [3.05, 3.63) is 23.8 Å². The Kier molecular flexibility index (Phi) is 3.89. The SMILES string of the molecule is CCn1ncc(N2C(=O)[C@@H]3[C@H](C2=O)[C@H]2CC[C@@H]3O2)c1C(=O)Nc1cnn(C)c1C. The number of nitrogens with zero attached hydrogens (tertiary/aromatic N) is 5. The molecule has 3 saturated heterocycles. The van der Waals surface area contributed by atoms with Gasteiger partial charge in [-0.2, -0.15) is 10.2 Å². The number of hydrogen-bond donors (Lipinski definition) is 1. The molecule has 1 N–H and O–H groups in total. The van der Waals surface area contributed by atoms with Crippen LogP contribution >= 0.6 is 0 Å². The molecule has 4 atom stereocenters. The van der Waals surface area contributed by atoms with Crippen LogP contribution in [0, 0.1) is 18.8 Å². The minimum atomic E-state index is -0.456. The third-order valence-electron chi connectivity index (χ3n) is 6.34. The molecule has 0 radical (unpaired) electrons. The van der Waals surface area contributed by atoms with Crippen LogP contribution in [0.15, 0.2) is 12.4 Å². The second kappa shape index (κ2) is 6.24. The number of aromatic nitrogens is 4. The van der Waals surface area contributed by atoms with E-state index in [1.807, 2.05) is 13.8 Å². The Labute approximate surface area is 166 Å². The third kappa shape index (κ3) is 2.41. The van der Waals surface area contributed by atoms with Crippen molar-refractivity contribution in [3.8, 4) is 0 Å². The number of carbonyl (C=O) groups is 3. The second-order valence-electron chi connectivity index (χ2n) is 7.77. The van der Waals surface area contributed by atoms with Crippen LogP contribution in [0.5, 0.6) is 0 Å². The number of imide groups is 1. The quantitative estimate of drug-likeness (QED) is 0.765. The number of fused-ring (bicyclic) bond motifs is 5. The van der Waals surface area contributed by atoms with Gasteiger partial charge in [0.05, 0.1) is 47.8 Å². The maximum atomic E-state index is 13.1. The van der Waals surface area contributed by atoms with E-state index in [0.29, 0.717) is 12.2 Å². The molecule has 0 spiro atoms. The van der Waals surface area contributed by atoms with Crippen molar-refractivity contribution in [2.75, 3.05) is 10.2 Å². The zero-order chi connectivity index (χ0) is 20.4. The highest BCUT2D eigenvalue weighted by Gasteiger charge is 2.63. The monoisotopic (exact) mass is 398 g/mol. The number of amides is 3. The van der Waals surface area contributed by atoms with Gasteiger partial charge in [-0.3, -0.25) is 23.7 Å². The van der Waals surface area contributed by atoms with E-state index in [0.717, 1.165) is 23.4 Å². The fourth-order valence-electron chi connectivity index (χ4n) is 4.76. The van der Waals surface area contributed by atoms with Crippen LogP contribution in [0.25, 0.3) is 0 Å². The fourth-order valence-corrected chi connectivity index (χ4v) is 4.76. The molecule has 10 heteroatoms. The summed E-state index contributed by atoms with van der Waals surface area (Å²) in [7, 11) is 1.78. The highest BCUT2D eigenvalue weighted by molar-refractivity contribution is 6.25. The Balaban J connectivity index is 1.51. The highest BCUT2D eigenvalue weighted by atomic mass is 16.5. The predicted molar refractivity (Wildman–Crippen MR) is 101 cm³/mol. The summed E-state index contributed by atoms with van der Waals surface area (Å²) in [6, 6.07) is 0. The summed E-state index contributed by atoms with van der Waals surface area (Å²) < 4.78 is 8.93. The van der Waals surface area contributed by atoms with E-state index >= 15 is 0 Å². The van der Waals surface area contributed by atoms with Crippen LogP contribution in [0.2, 0.25) is 0 Å². The lowest BCUT2D eigenvalue weighted by atomic mass is 9.81. The normalized spacial score (nSPS) is 27.8. The molecule has 2 bridgehead atoms. The summed E-state index contributed by atoms with van der Waals surface area (Å²) in [6.07, 6.45) is 4.16. The number of nitrogens with one attached hydrogen (secondary N) is 1. The molecule has 5 heterocycles. The third-order valence-corrected chi connectivity index (χ3v) is 6.34. The largest absolute Gasteiger partial charge is 0.373 e. The molecule has 0 aliphatic carbocycles. The summed E-state index contributed by atoms with van der Waals surface area (Å²) in [5.74, 6) is -1.94. The zero-order valence-electron chi connectivity index (χ0n) is 16.5. The first-order chi connectivity index (χ1) is 13.9. The van der Waals surface area contributed by atoms with Crippen molar-refractivity contribution in [2.24, 2.45) is 18.9 Å². The van der Waals surface area contributed by atoms with Gasteiger partial charge in [0.2, 0.25) is 11.8 Å². The number of hydrogen-bond acceptors (Lipinski definition) is 6. The highest BCUT2D eigenvalue weighted by Crippen LogP contribution is 2.49. The molecule has 2 aromatic rings. The van der Waals surface area contributed by atoms with Gasteiger partial charge in [-0.05, 0) is 26.7 Å². The van der Waals surface area contributed by atoms with E-state index in [1.165, 1.54) is 10.9 Å². The van der Waals surface area contributed by atoms with Gasteiger partial charge in [0, 0.05) is 13.6 Å². The van der Waals surface area contributed by atoms with Gasteiger partial charge in [0.25, 0.3) is 5.91 Å². The number of ether oxygens (including phenoxy) is 1. The van der Waals surface area contributed by atoms with Crippen LogP contribution in [-0.4, -0.2) is 49.5 Å². The molecule has 5 rings (SSSR count). The maximum absolute atomic E-state index is 13.1. The second-order valence-corrected chi connectivity index (χ2v) is 7.77. The van der Waals surface area contributed by atoms with Gasteiger partial charge in [0.1, 0.15) is 5.69 Å². The number of anilines is 2. The average molecular weight is 398 g/mol. The van der Waals surface area contributed by atoms with Crippen LogP contribution in [-0.2, 0) is 27.9 Å². The van der Waals surface area contributed by atoms with Crippen molar-refractivity contribution in [2.45, 2.75) is 45.4 Å². The van der Waals surface area contributed by atoms with Crippen molar-refractivity contribution < 1.29 is 19.1 Å². The maximum Gasteiger partial charge on any atom is 0.276 e. The summed E-state index contributed by atoms with van der Waals surface area (Å²) >= 11 is 0. The topological polar surface area (TPSA) is 111 Å². The molecule has 152 valence electrons. The smallest absolute Gasteiger partial charge is 0.276 e. The number of rotatable bonds is 4. The summed E-state index contributed by atoms with van der Waals surface area (Å²) in [4.78, 5) is 40.5. The first-order valence-electron chi connectivity index (χ1n) is 9.81. The lowest BCUT2D eigenvalue weighted by Gasteiger charge is -2.18. The average Bonchev–Trinajstić information content (AvgIpc) is 3.49. The summed E-state index contributed by atoms with van der Waals surface area (Å²) in [6.45, 7) is 4.11. The predicted octanol–water partition coefficient (Wildman–Crippen LogP) is 0.864. The molecular weight excluding hydrogens is 376 g/mol. The van der Waals surface area contributed by atoms with E-state index in [-0.39, 0.29) is 35.4 Å². The van der Waals surface area contributed by atoms with Gasteiger partial charge in [-0.25, -0.2) is 4.90 Å². The van der Waals surface area contributed by atoms with Gasteiger partial charge < -0.3 is 10.1 Å². The Morgan fingerprint density at radius 1 is 1.17 bits per heavy atom. The van der Waals surface area contributed by atoms with Crippen LogP contribution in [0.1, 0.15) is 35.9 Å². The minimum Gasteiger partial charge on any atom is -0.373 e. The first-order valence-corrected chi connectivity index (χ1v) is 9.81. The van der Waals surface area contributed by atoms with Gasteiger partial charge in [-0.1, -0.05) is 0 Å². The van der Waals surface area contributed by atoms with Crippen LogP contribution in [0.3, 0.4) is 0 Å². The first kappa shape index (κ1) is 18.0. The van der Waals surface area contributed by atoms with Crippen LogP contribution in [0.4, 0.5) is 11.4 Å².